The smallest absolute Gasteiger partial charge is 0.456 e. The van der Waals surface area contributed by atoms with E-state index in [1.165, 1.54) is 36.1 Å². The largest absolute Gasteiger partial charge is 0.573 e. The number of anilines is 1. The van der Waals surface area contributed by atoms with E-state index in [-0.39, 0.29) is 35.1 Å². The van der Waals surface area contributed by atoms with Crippen molar-refractivity contribution in [3.8, 4) is 17.1 Å². The predicted molar refractivity (Wildman–Crippen MR) is 107 cm³/mol. The molecule has 1 amide bonds. The SMILES string of the molecule is CC(=O)c1ccc(Cn2cc(NC(=O)c3ncoc3-c3cccc(OC(F)(F)F)c3)cn2)o1. The average molecular weight is 460 g/mol. The normalized spacial score (nSPS) is 11.4. The molecule has 0 bridgehead atoms. The molecule has 0 unspecified atom stereocenters. The molecule has 33 heavy (non-hydrogen) atoms. The van der Waals surface area contributed by atoms with Crippen molar-refractivity contribution in [3.05, 3.63) is 72.4 Å². The molecule has 9 nitrogen and oxygen atoms in total. The molecule has 1 N–H and O–H groups in total. The molecule has 0 saturated heterocycles. The number of nitrogens with zero attached hydrogens (tertiary/aromatic N) is 3. The minimum Gasteiger partial charge on any atom is -0.456 e. The van der Waals surface area contributed by atoms with E-state index in [2.05, 4.69) is 20.1 Å². The Balaban J connectivity index is 1.47. The van der Waals surface area contributed by atoms with Crippen LogP contribution in [0.3, 0.4) is 0 Å². The maximum atomic E-state index is 12.7. The van der Waals surface area contributed by atoms with Crippen LogP contribution in [0.5, 0.6) is 5.75 Å². The highest BCUT2D eigenvalue weighted by molar-refractivity contribution is 6.06. The van der Waals surface area contributed by atoms with E-state index in [0.29, 0.717) is 11.4 Å². The topological polar surface area (TPSA) is 112 Å². The van der Waals surface area contributed by atoms with Gasteiger partial charge in [0.1, 0.15) is 11.5 Å². The number of halogens is 3. The molecule has 12 heteroatoms. The summed E-state index contributed by atoms with van der Waals surface area (Å²) in [5, 5.41) is 6.71. The van der Waals surface area contributed by atoms with Crippen LogP contribution in [-0.2, 0) is 6.54 Å². The molecule has 0 fully saturated rings. The van der Waals surface area contributed by atoms with Gasteiger partial charge >= 0.3 is 6.36 Å². The Bertz CT molecular complexity index is 1300. The quantitative estimate of drug-likeness (QED) is 0.403. The minimum atomic E-state index is -4.86. The van der Waals surface area contributed by atoms with Crippen LogP contribution in [0.25, 0.3) is 11.3 Å². The fraction of sp³-hybridized carbons (Fsp3) is 0.143. The second kappa shape index (κ2) is 8.65. The zero-order chi connectivity index (χ0) is 23.6. The van der Waals surface area contributed by atoms with Gasteiger partial charge in [0.05, 0.1) is 18.4 Å². The van der Waals surface area contributed by atoms with Gasteiger partial charge in [-0.3, -0.25) is 14.3 Å². The molecule has 0 radical (unpaired) electrons. The number of ether oxygens (including phenoxy) is 1. The van der Waals surface area contributed by atoms with Crippen molar-refractivity contribution in [1.29, 1.82) is 0 Å². The van der Waals surface area contributed by atoms with E-state index in [9.17, 15) is 22.8 Å². The molecule has 3 heterocycles. The molecule has 0 saturated carbocycles. The van der Waals surface area contributed by atoms with E-state index in [1.807, 2.05) is 0 Å². The van der Waals surface area contributed by atoms with Gasteiger partial charge in [-0.25, -0.2) is 4.98 Å². The van der Waals surface area contributed by atoms with Crippen molar-refractivity contribution in [3.63, 3.8) is 0 Å². The molecule has 0 atom stereocenters. The third-order valence-corrected chi connectivity index (χ3v) is 4.33. The summed E-state index contributed by atoms with van der Waals surface area (Å²) in [6, 6.07) is 8.20. The Morgan fingerprint density at radius 2 is 2.03 bits per heavy atom. The van der Waals surface area contributed by atoms with Crippen LogP contribution in [0.2, 0.25) is 0 Å². The van der Waals surface area contributed by atoms with Crippen LogP contribution >= 0.6 is 0 Å². The van der Waals surface area contributed by atoms with Gasteiger partial charge in [-0.05, 0) is 24.3 Å². The number of Topliss-reactive ketones (excluding diaryl/α,β-unsaturated/α-hetero) is 1. The summed E-state index contributed by atoms with van der Waals surface area (Å²) in [6.45, 7) is 1.62. The molecule has 0 aliphatic carbocycles. The van der Waals surface area contributed by atoms with Gasteiger partial charge in [0.15, 0.2) is 29.4 Å². The summed E-state index contributed by atoms with van der Waals surface area (Å²) < 4.78 is 53.5. The Kier molecular flexibility index (Phi) is 5.73. The summed E-state index contributed by atoms with van der Waals surface area (Å²) in [7, 11) is 0. The second-order valence-corrected chi connectivity index (χ2v) is 6.81. The van der Waals surface area contributed by atoms with Gasteiger partial charge in [0.2, 0.25) is 0 Å². The van der Waals surface area contributed by atoms with Crippen molar-refractivity contribution in [2.24, 2.45) is 0 Å². The van der Waals surface area contributed by atoms with Crippen molar-refractivity contribution in [2.45, 2.75) is 19.8 Å². The molecule has 170 valence electrons. The summed E-state index contributed by atoms with van der Waals surface area (Å²) in [5.74, 6) is -0.615. The number of amides is 1. The summed E-state index contributed by atoms with van der Waals surface area (Å²) in [5.41, 5.74) is 0.375. The molecular weight excluding hydrogens is 445 g/mol. The average Bonchev–Trinajstić information content (AvgIpc) is 3.48. The molecule has 0 aliphatic rings. The standard InChI is InChI=1S/C21H15F3N4O5/c1-12(29)17-6-5-16(32-17)10-28-9-14(8-26-28)27-20(30)18-19(31-11-25-18)13-3-2-4-15(7-13)33-21(22,23)24/h2-9,11H,10H2,1H3,(H,27,30). The lowest BCUT2D eigenvalue weighted by molar-refractivity contribution is -0.274. The molecule has 4 aromatic rings. The lowest BCUT2D eigenvalue weighted by Gasteiger charge is -2.09. The van der Waals surface area contributed by atoms with E-state index in [1.54, 1.807) is 12.1 Å². The molecule has 4 rings (SSSR count). The first-order valence-corrected chi connectivity index (χ1v) is 9.41. The Labute approximate surface area is 183 Å². The van der Waals surface area contributed by atoms with E-state index >= 15 is 0 Å². The van der Waals surface area contributed by atoms with Crippen molar-refractivity contribution in [2.75, 3.05) is 5.32 Å². The van der Waals surface area contributed by atoms with Crippen LogP contribution in [0.4, 0.5) is 18.9 Å². The van der Waals surface area contributed by atoms with Crippen molar-refractivity contribution in [1.82, 2.24) is 14.8 Å². The van der Waals surface area contributed by atoms with Gasteiger partial charge < -0.3 is 18.9 Å². The number of carbonyl (C=O) groups excluding carboxylic acids is 2. The number of benzene rings is 1. The number of nitrogens with one attached hydrogen (secondary N) is 1. The van der Waals surface area contributed by atoms with Gasteiger partial charge in [0, 0.05) is 18.7 Å². The number of hydrogen-bond acceptors (Lipinski definition) is 7. The maximum Gasteiger partial charge on any atom is 0.573 e. The Morgan fingerprint density at radius 3 is 2.76 bits per heavy atom. The molecule has 0 spiro atoms. The predicted octanol–water partition coefficient (Wildman–Crippen LogP) is 4.53. The number of alkyl halides is 3. The molecule has 3 aromatic heterocycles. The molecule has 1 aromatic carbocycles. The van der Waals surface area contributed by atoms with Crippen molar-refractivity contribution >= 4 is 17.4 Å². The lowest BCUT2D eigenvalue weighted by atomic mass is 10.1. The lowest BCUT2D eigenvalue weighted by Crippen LogP contribution is -2.17. The van der Waals surface area contributed by atoms with Crippen LogP contribution in [0.1, 0.15) is 33.7 Å². The van der Waals surface area contributed by atoms with E-state index in [4.69, 9.17) is 8.83 Å². The number of oxazole rings is 1. The second-order valence-electron chi connectivity index (χ2n) is 6.81. The maximum absolute atomic E-state index is 12.7. The van der Waals surface area contributed by atoms with Gasteiger partial charge in [-0.2, -0.15) is 5.10 Å². The zero-order valence-corrected chi connectivity index (χ0v) is 16.9. The highest BCUT2D eigenvalue weighted by Crippen LogP contribution is 2.30. The zero-order valence-electron chi connectivity index (χ0n) is 16.9. The number of hydrogen-bond donors (Lipinski definition) is 1. The van der Waals surface area contributed by atoms with E-state index < -0.39 is 18.0 Å². The van der Waals surface area contributed by atoms with E-state index in [0.717, 1.165) is 18.5 Å². The van der Waals surface area contributed by atoms with Gasteiger partial charge in [-0.15, -0.1) is 13.2 Å². The number of aromatic nitrogens is 3. The van der Waals surface area contributed by atoms with Crippen LogP contribution in [-0.4, -0.2) is 32.8 Å². The number of rotatable bonds is 7. The molecular formula is C21H15F3N4O5. The summed E-state index contributed by atoms with van der Waals surface area (Å²) >= 11 is 0. The summed E-state index contributed by atoms with van der Waals surface area (Å²) in [4.78, 5) is 27.9. The molecule has 0 aliphatic heterocycles. The van der Waals surface area contributed by atoms with Gasteiger partial charge in [0.25, 0.3) is 5.91 Å². The third kappa shape index (κ3) is 5.29. The fourth-order valence-electron chi connectivity index (χ4n) is 2.96. The van der Waals surface area contributed by atoms with Crippen LogP contribution in [0, 0.1) is 0 Å². The first kappa shape index (κ1) is 21.9. The van der Waals surface area contributed by atoms with Crippen molar-refractivity contribution < 1.29 is 36.3 Å². The number of carbonyl (C=O) groups is 2. The summed E-state index contributed by atoms with van der Waals surface area (Å²) in [6.07, 6.45) is -0.923. The number of furan rings is 1. The highest BCUT2D eigenvalue weighted by atomic mass is 19.4. The first-order valence-electron chi connectivity index (χ1n) is 9.41. The Morgan fingerprint density at radius 1 is 1.21 bits per heavy atom. The van der Waals surface area contributed by atoms with Crippen LogP contribution in [0.15, 0.2) is 64.0 Å². The van der Waals surface area contributed by atoms with Crippen LogP contribution < -0.4 is 10.1 Å². The third-order valence-electron chi connectivity index (χ3n) is 4.33. The monoisotopic (exact) mass is 460 g/mol. The first-order chi connectivity index (χ1) is 15.7. The minimum absolute atomic E-state index is 0.0279. The van der Waals surface area contributed by atoms with Gasteiger partial charge in [-0.1, -0.05) is 12.1 Å². The number of ketones is 1. The highest BCUT2D eigenvalue weighted by Gasteiger charge is 2.31. The fourth-order valence-corrected chi connectivity index (χ4v) is 2.96. The Hall–Kier alpha value is -4.35.